The van der Waals surface area contributed by atoms with Gasteiger partial charge in [-0.2, -0.15) is 10.4 Å². The van der Waals surface area contributed by atoms with E-state index < -0.39 is 0 Å². The summed E-state index contributed by atoms with van der Waals surface area (Å²) < 4.78 is 0. The van der Waals surface area contributed by atoms with Gasteiger partial charge in [-0.1, -0.05) is 13.8 Å². The van der Waals surface area contributed by atoms with Gasteiger partial charge in [0.05, 0.1) is 5.69 Å². The van der Waals surface area contributed by atoms with Crippen LogP contribution in [0.3, 0.4) is 0 Å². The average molecular weight is 248 g/mol. The first kappa shape index (κ1) is 14.4. The van der Waals surface area contributed by atoms with E-state index in [9.17, 15) is 0 Å². The van der Waals surface area contributed by atoms with Crippen molar-refractivity contribution in [1.29, 1.82) is 5.26 Å². The summed E-state index contributed by atoms with van der Waals surface area (Å²) in [5.41, 5.74) is 2.12. The zero-order valence-electron chi connectivity index (χ0n) is 11.4. The summed E-state index contributed by atoms with van der Waals surface area (Å²) in [6.45, 7) is 8.60. The van der Waals surface area contributed by atoms with E-state index in [2.05, 4.69) is 35.4 Å². The Bertz CT molecular complexity index is 463. The van der Waals surface area contributed by atoms with E-state index in [0.29, 0.717) is 24.3 Å². The molecule has 0 atom stereocenters. The number of nitrogens with one attached hydrogen (secondary N) is 1. The number of hydrogen-bond acceptors (Lipinski definition) is 5. The fraction of sp³-hybridized carbons (Fsp3) is 0.615. The van der Waals surface area contributed by atoms with Crippen molar-refractivity contribution >= 4 is 5.82 Å². The maximum absolute atomic E-state index is 9.16. The molecule has 0 aromatic carbocycles. The molecule has 1 rings (SSSR count). The van der Waals surface area contributed by atoms with Gasteiger partial charge in [-0.25, -0.2) is 0 Å². The van der Waals surface area contributed by atoms with Gasteiger partial charge >= 0.3 is 0 Å². The Kier molecular flexibility index (Phi) is 4.62. The molecule has 0 aliphatic heterocycles. The van der Waals surface area contributed by atoms with E-state index in [1.807, 2.05) is 13.8 Å². The third kappa shape index (κ3) is 3.41. The molecule has 0 unspecified atom stereocenters. The molecule has 0 amide bonds. The maximum atomic E-state index is 9.16. The SMILES string of the molecule is Cc1nnc(NCC(C)(C)CCO)c(C#N)c1C. The van der Waals surface area contributed by atoms with Gasteiger partial charge in [0.25, 0.3) is 0 Å². The Hall–Kier alpha value is -1.67. The van der Waals surface area contributed by atoms with Crippen LogP contribution in [0.2, 0.25) is 0 Å². The molecule has 0 aliphatic carbocycles. The summed E-state index contributed by atoms with van der Waals surface area (Å²) in [6.07, 6.45) is 0.695. The molecule has 0 bridgehead atoms. The molecule has 2 N–H and O–H groups in total. The van der Waals surface area contributed by atoms with Crippen LogP contribution in [0.4, 0.5) is 5.82 Å². The lowest BCUT2D eigenvalue weighted by Gasteiger charge is -2.24. The van der Waals surface area contributed by atoms with Crippen LogP contribution in [0.15, 0.2) is 0 Å². The van der Waals surface area contributed by atoms with Crippen LogP contribution in [-0.4, -0.2) is 28.5 Å². The van der Waals surface area contributed by atoms with Crippen molar-refractivity contribution in [2.75, 3.05) is 18.5 Å². The van der Waals surface area contributed by atoms with Crippen LogP contribution in [0.25, 0.3) is 0 Å². The monoisotopic (exact) mass is 248 g/mol. The summed E-state index contributed by atoms with van der Waals surface area (Å²) in [5, 5.41) is 29.3. The lowest BCUT2D eigenvalue weighted by atomic mass is 9.90. The Balaban J connectivity index is 2.87. The fourth-order valence-corrected chi connectivity index (χ4v) is 1.58. The molecule has 1 aromatic heterocycles. The number of aliphatic hydroxyl groups is 1. The number of nitriles is 1. The Labute approximate surface area is 108 Å². The van der Waals surface area contributed by atoms with Crippen LogP contribution in [0, 0.1) is 30.6 Å². The standard InChI is InChI=1S/C13H20N4O/c1-9-10(2)16-17-12(11(9)7-14)15-8-13(3,4)5-6-18/h18H,5-6,8H2,1-4H3,(H,15,17). The summed E-state index contributed by atoms with van der Waals surface area (Å²) in [6, 6.07) is 2.16. The molecule has 0 spiro atoms. The lowest BCUT2D eigenvalue weighted by molar-refractivity contribution is 0.220. The molecule has 0 saturated carbocycles. The van der Waals surface area contributed by atoms with Crippen LogP contribution in [0.1, 0.15) is 37.1 Å². The van der Waals surface area contributed by atoms with Gasteiger partial charge in [0.2, 0.25) is 0 Å². The van der Waals surface area contributed by atoms with Crippen molar-refractivity contribution in [3.8, 4) is 6.07 Å². The second-order valence-corrected chi connectivity index (χ2v) is 5.24. The molecule has 0 aliphatic rings. The minimum Gasteiger partial charge on any atom is -0.396 e. The highest BCUT2D eigenvalue weighted by Gasteiger charge is 2.18. The normalized spacial score (nSPS) is 11.1. The lowest BCUT2D eigenvalue weighted by Crippen LogP contribution is -2.25. The minimum atomic E-state index is -0.0536. The summed E-state index contributed by atoms with van der Waals surface area (Å²) in [7, 11) is 0. The van der Waals surface area contributed by atoms with E-state index in [4.69, 9.17) is 10.4 Å². The molecular weight excluding hydrogens is 228 g/mol. The van der Waals surface area contributed by atoms with E-state index in [1.165, 1.54) is 0 Å². The summed E-state index contributed by atoms with van der Waals surface area (Å²) in [4.78, 5) is 0. The van der Waals surface area contributed by atoms with Crippen molar-refractivity contribution in [2.24, 2.45) is 5.41 Å². The largest absolute Gasteiger partial charge is 0.396 e. The first-order chi connectivity index (χ1) is 8.41. The molecule has 1 heterocycles. The highest BCUT2D eigenvalue weighted by molar-refractivity contribution is 5.55. The molecule has 5 nitrogen and oxygen atoms in total. The molecule has 5 heteroatoms. The van der Waals surface area contributed by atoms with Crippen molar-refractivity contribution in [3.63, 3.8) is 0 Å². The van der Waals surface area contributed by atoms with Crippen molar-refractivity contribution < 1.29 is 5.11 Å². The predicted octanol–water partition coefficient (Wildman–Crippen LogP) is 1.79. The Morgan fingerprint density at radius 2 is 2.00 bits per heavy atom. The second kappa shape index (κ2) is 5.78. The first-order valence-electron chi connectivity index (χ1n) is 6.00. The van der Waals surface area contributed by atoms with Crippen LogP contribution in [0.5, 0.6) is 0 Å². The second-order valence-electron chi connectivity index (χ2n) is 5.24. The van der Waals surface area contributed by atoms with Crippen molar-refractivity contribution in [3.05, 3.63) is 16.8 Å². The van der Waals surface area contributed by atoms with Gasteiger partial charge in [-0.3, -0.25) is 0 Å². The Morgan fingerprint density at radius 1 is 1.33 bits per heavy atom. The van der Waals surface area contributed by atoms with Crippen LogP contribution in [-0.2, 0) is 0 Å². The van der Waals surface area contributed by atoms with Gasteiger partial charge in [0.15, 0.2) is 5.82 Å². The highest BCUT2D eigenvalue weighted by Crippen LogP contribution is 2.22. The van der Waals surface area contributed by atoms with Gasteiger partial charge in [0, 0.05) is 13.2 Å². The summed E-state index contributed by atoms with van der Waals surface area (Å²) in [5.74, 6) is 0.520. The molecule has 0 radical (unpaired) electrons. The predicted molar refractivity (Wildman–Crippen MR) is 70.2 cm³/mol. The molecule has 18 heavy (non-hydrogen) atoms. The smallest absolute Gasteiger partial charge is 0.166 e. The summed E-state index contributed by atoms with van der Waals surface area (Å²) >= 11 is 0. The zero-order valence-corrected chi connectivity index (χ0v) is 11.4. The van der Waals surface area contributed by atoms with Crippen LogP contribution < -0.4 is 5.32 Å². The third-order valence-corrected chi connectivity index (χ3v) is 3.09. The number of aliphatic hydroxyl groups excluding tert-OH is 1. The fourth-order valence-electron chi connectivity index (χ4n) is 1.58. The van der Waals surface area contributed by atoms with Crippen molar-refractivity contribution in [1.82, 2.24) is 10.2 Å². The van der Waals surface area contributed by atoms with Gasteiger partial charge < -0.3 is 10.4 Å². The number of hydrogen-bond donors (Lipinski definition) is 2. The third-order valence-electron chi connectivity index (χ3n) is 3.09. The van der Waals surface area contributed by atoms with E-state index in [0.717, 1.165) is 11.3 Å². The number of rotatable bonds is 5. The van der Waals surface area contributed by atoms with Gasteiger partial charge in [0.1, 0.15) is 11.6 Å². The highest BCUT2D eigenvalue weighted by atomic mass is 16.3. The number of nitrogens with zero attached hydrogens (tertiary/aromatic N) is 3. The van der Waals surface area contributed by atoms with Crippen molar-refractivity contribution in [2.45, 2.75) is 34.1 Å². The topological polar surface area (TPSA) is 81.8 Å². The van der Waals surface area contributed by atoms with E-state index in [-0.39, 0.29) is 12.0 Å². The number of aryl methyl sites for hydroxylation is 1. The number of aromatic nitrogens is 2. The quantitative estimate of drug-likeness (QED) is 0.830. The van der Waals surface area contributed by atoms with E-state index in [1.54, 1.807) is 0 Å². The minimum absolute atomic E-state index is 0.0536. The molecule has 0 fully saturated rings. The zero-order chi connectivity index (χ0) is 13.8. The van der Waals surface area contributed by atoms with Crippen LogP contribution >= 0.6 is 0 Å². The maximum Gasteiger partial charge on any atom is 0.166 e. The molecule has 1 aromatic rings. The average Bonchev–Trinajstić information content (AvgIpc) is 2.30. The van der Waals surface area contributed by atoms with E-state index >= 15 is 0 Å². The first-order valence-corrected chi connectivity index (χ1v) is 6.00. The van der Waals surface area contributed by atoms with Gasteiger partial charge in [-0.15, -0.1) is 5.10 Å². The molecule has 98 valence electrons. The Morgan fingerprint density at radius 3 is 2.56 bits per heavy atom. The number of anilines is 1. The molecule has 0 saturated heterocycles. The molecular formula is C13H20N4O. The van der Waals surface area contributed by atoms with Gasteiger partial charge in [-0.05, 0) is 31.2 Å².